The van der Waals surface area contributed by atoms with Gasteiger partial charge < -0.3 is 14.7 Å². The zero-order valence-corrected chi connectivity index (χ0v) is 20.1. The van der Waals surface area contributed by atoms with Gasteiger partial charge in [-0.3, -0.25) is 14.6 Å². The number of anilines is 1. The molecule has 4 rings (SSSR count). The second kappa shape index (κ2) is 10.8. The van der Waals surface area contributed by atoms with E-state index in [1.54, 1.807) is 53.1 Å². The van der Waals surface area contributed by atoms with Crippen LogP contribution >= 0.6 is 35.1 Å². The number of nitrogens with one attached hydrogen (secondary N) is 1. The number of benzene rings is 3. The minimum atomic E-state index is -0.996. The molecule has 0 bridgehead atoms. The number of carboxylic acid groups (broad SMARTS) is 1. The molecule has 0 aliphatic carbocycles. The maximum atomic E-state index is 13.0. The summed E-state index contributed by atoms with van der Waals surface area (Å²) < 4.78 is 1.64. The minimum Gasteiger partial charge on any atom is -0.480 e. The zero-order chi connectivity index (χ0) is 24.1. The van der Waals surface area contributed by atoms with Crippen LogP contribution in [0, 0.1) is 0 Å². The van der Waals surface area contributed by atoms with E-state index in [4.69, 9.17) is 23.2 Å². The van der Waals surface area contributed by atoms with Gasteiger partial charge in [0.1, 0.15) is 6.54 Å². The van der Waals surface area contributed by atoms with Gasteiger partial charge in [-0.2, -0.15) is 0 Å². The number of aromatic nitrogens is 1. The molecule has 2 N–H and O–H groups in total. The van der Waals surface area contributed by atoms with Crippen LogP contribution in [0.5, 0.6) is 0 Å². The minimum absolute atomic E-state index is 0.223. The molecule has 0 aliphatic heterocycles. The fraction of sp³-hybridized carbons (Fsp3) is 0.0800. The van der Waals surface area contributed by atoms with Crippen molar-refractivity contribution in [3.63, 3.8) is 0 Å². The van der Waals surface area contributed by atoms with E-state index in [0.717, 1.165) is 10.9 Å². The van der Waals surface area contributed by atoms with Gasteiger partial charge in [-0.25, -0.2) is 0 Å². The Kier molecular flexibility index (Phi) is 7.57. The predicted octanol–water partition coefficient (Wildman–Crippen LogP) is 6.07. The maximum absolute atomic E-state index is 13.0. The highest BCUT2D eigenvalue weighted by Crippen LogP contribution is 2.37. The van der Waals surface area contributed by atoms with E-state index in [-0.39, 0.29) is 12.5 Å². The van der Waals surface area contributed by atoms with Gasteiger partial charge in [0, 0.05) is 44.8 Å². The number of hydrogen-bond donors (Lipinski definition) is 2. The summed E-state index contributed by atoms with van der Waals surface area (Å²) in [5.41, 5.74) is 2.10. The van der Waals surface area contributed by atoms with Crippen LogP contribution in [-0.2, 0) is 11.3 Å². The number of aliphatic carboxylic acids is 1. The number of nitrogens with zero attached hydrogens (tertiary/aromatic N) is 2. The Labute approximate surface area is 210 Å². The van der Waals surface area contributed by atoms with Gasteiger partial charge in [-0.15, -0.1) is 0 Å². The summed E-state index contributed by atoms with van der Waals surface area (Å²) in [6.45, 7) is 0.0975. The second-order valence-corrected chi connectivity index (χ2v) is 9.31. The van der Waals surface area contributed by atoms with Crippen LogP contribution in [0.25, 0.3) is 10.8 Å². The first kappa shape index (κ1) is 23.9. The Morgan fingerprint density at radius 2 is 1.62 bits per heavy atom. The van der Waals surface area contributed by atoms with Crippen molar-refractivity contribution in [3.05, 3.63) is 100 Å². The Hall–Kier alpha value is -3.26. The smallest absolute Gasteiger partial charge is 0.324 e. The van der Waals surface area contributed by atoms with Gasteiger partial charge >= 0.3 is 5.97 Å². The van der Waals surface area contributed by atoms with Crippen LogP contribution in [0.1, 0.15) is 15.9 Å². The summed E-state index contributed by atoms with van der Waals surface area (Å²) in [6.07, 6.45) is 3.35. The van der Waals surface area contributed by atoms with Crippen molar-refractivity contribution in [2.24, 2.45) is 0 Å². The molecule has 4 aromatic rings. The number of carboxylic acids is 1. The van der Waals surface area contributed by atoms with Crippen molar-refractivity contribution in [3.8, 4) is 0 Å². The normalized spacial score (nSPS) is 10.8. The second-order valence-electron chi connectivity index (χ2n) is 7.34. The van der Waals surface area contributed by atoms with Gasteiger partial charge in [0.2, 0.25) is 0 Å². The van der Waals surface area contributed by atoms with Crippen LogP contribution in [0.4, 0.5) is 5.69 Å². The molecular formula is C25H19Cl2N3O3S. The van der Waals surface area contributed by atoms with E-state index in [9.17, 15) is 14.7 Å². The molecular weight excluding hydrogens is 493 g/mol. The number of pyridine rings is 1. The van der Waals surface area contributed by atoms with Gasteiger partial charge in [-0.1, -0.05) is 47.5 Å². The SMILES string of the molecule is O=C(O)CN(Sc1cc(Cl)cc(Cl)c1)c1cccc2c(C(=O)NCc3ccncc3)cccc12. The van der Waals surface area contributed by atoms with Gasteiger partial charge in [0.25, 0.3) is 5.91 Å². The quantitative estimate of drug-likeness (QED) is 0.279. The molecule has 9 heteroatoms. The Morgan fingerprint density at radius 3 is 2.32 bits per heavy atom. The first-order chi connectivity index (χ1) is 16.4. The van der Waals surface area contributed by atoms with Crippen LogP contribution in [0.15, 0.2) is 84.0 Å². The molecule has 0 fully saturated rings. The number of carbonyl (C=O) groups is 2. The molecule has 0 spiro atoms. The highest BCUT2D eigenvalue weighted by Gasteiger charge is 2.18. The highest BCUT2D eigenvalue weighted by molar-refractivity contribution is 8.00. The van der Waals surface area contributed by atoms with Gasteiger partial charge in [0.05, 0.1) is 5.69 Å². The third-order valence-corrected chi connectivity index (χ3v) is 6.37. The first-order valence-electron chi connectivity index (χ1n) is 10.2. The first-order valence-corrected chi connectivity index (χ1v) is 11.8. The van der Waals surface area contributed by atoms with Crippen LogP contribution in [-0.4, -0.2) is 28.5 Å². The third kappa shape index (κ3) is 5.80. The van der Waals surface area contributed by atoms with Crippen molar-refractivity contribution in [2.75, 3.05) is 10.8 Å². The molecule has 1 heterocycles. The van der Waals surface area contributed by atoms with Crippen molar-refractivity contribution in [2.45, 2.75) is 11.4 Å². The number of amides is 1. The average Bonchev–Trinajstić information content (AvgIpc) is 2.81. The molecule has 1 aromatic heterocycles. The molecule has 3 aromatic carbocycles. The van der Waals surface area contributed by atoms with E-state index in [1.165, 1.54) is 11.9 Å². The number of hydrogen-bond acceptors (Lipinski definition) is 5. The fourth-order valence-electron chi connectivity index (χ4n) is 3.49. The van der Waals surface area contributed by atoms with Crippen molar-refractivity contribution in [1.82, 2.24) is 10.3 Å². The van der Waals surface area contributed by atoms with E-state index < -0.39 is 5.97 Å². The molecule has 0 saturated carbocycles. The Balaban J connectivity index is 1.68. The average molecular weight is 512 g/mol. The lowest BCUT2D eigenvalue weighted by atomic mass is 10.0. The van der Waals surface area contributed by atoms with Gasteiger partial charge in [0.15, 0.2) is 0 Å². The van der Waals surface area contributed by atoms with Crippen molar-refractivity contribution >= 4 is 63.5 Å². The molecule has 1 amide bonds. The van der Waals surface area contributed by atoms with Crippen LogP contribution in [0.3, 0.4) is 0 Å². The topological polar surface area (TPSA) is 82.5 Å². The lowest BCUT2D eigenvalue weighted by Crippen LogP contribution is -2.24. The Bertz CT molecular complexity index is 1330. The zero-order valence-electron chi connectivity index (χ0n) is 17.7. The predicted molar refractivity (Wildman–Crippen MR) is 137 cm³/mol. The summed E-state index contributed by atoms with van der Waals surface area (Å²) in [5.74, 6) is -1.22. The lowest BCUT2D eigenvalue weighted by molar-refractivity contribution is -0.135. The summed E-state index contributed by atoms with van der Waals surface area (Å²) in [6, 6.07) is 19.6. The van der Waals surface area contributed by atoms with Crippen molar-refractivity contribution < 1.29 is 14.7 Å². The maximum Gasteiger partial charge on any atom is 0.324 e. The third-order valence-electron chi connectivity index (χ3n) is 4.95. The summed E-state index contributed by atoms with van der Waals surface area (Å²) in [4.78, 5) is 29.3. The van der Waals surface area contributed by atoms with E-state index in [0.29, 0.717) is 38.1 Å². The highest BCUT2D eigenvalue weighted by atomic mass is 35.5. The summed E-state index contributed by atoms with van der Waals surface area (Å²) in [7, 11) is 0. The number of fused-ring (bicyclic) bond motifs is 1. The number of halogens is 2. The molecule has 34 heavy (non-hydrogen) atoms. The van der Waals surface area contributed by atoms with E-state index in [2.05, 4.69) is 10.3 Å². The summed E-state index contributed by atoms with van der Waals surface area (Å²) in [5, 5.41) is 14.9. The van der Waals surface area contributed by atoms with E-state index >= 15 is 0 Å². The molecule has 6 nitrogen and oxygen atoms in total. The monoisotopic (exact) mass is 511 g/mol. The van der Waals surface area contributed by atoms with Crippen LogP contribution < -0.4 is 9.62 Å². The lowest BCUT2D eigenvalue weighted by Gasteiger charge is -2.23. The van der Waals surface area contributed by atoms with Gasteiger partial charge in [-0.05, 0) is 65.4 Å². The van der Waals surface area contributed by atoms with Crippen molar-refractivity contribution in [1.29, 1.82) is 0 Å². The molecule has 0 radical (unpaired) electrons. The standard InChI is InChI=1S/C25H19Cl2N3O3S/c26-17-11-18(27)13-19(12-17)34-30(15-24(31)32)23-6-2-3-20-21(23)4-1-5-22(20)25(33)29-14-16-7-9-28-10-8-16/h1-13H,14-15H2,(H,29,33)(H,31,32). The molecule has 0 aliphatic rings. The number of rotatable bonds is 8. The molecule has 0 saturated heterocycles. The largest absolute Gasteiger partial charge is 0.480 e. The van der Waals surface area contributed by atoms with Crippen LogP contribution in [0.2, 0.25) is 10.0 Å². The summed E-state index contributed by atoms with van der Waals surface area (Å²) >= 11 is 13.5. The molecule has 0 atom stereocenters. The Morgan fingerprint density at radius 1 is 0.941 bits per heavy atom. The molecule has 172 valence electrons. The molecule has 0 unspecified atom stereocenters. The fourth-order valence-corrected chi connectivity index (χ4v) is 5.19. The number of carbonyl (C=O) groups excluding carboxylic acids is 1. The van der Waals surface area contributed by atoms with E-state index in [1.807, 2.05) is 30.3 Å².